The van der Waals surface area contributed by atoms with Gasteiger partial charge in [-0.2, -0.15) is 0 Å². The van der Waals surface area contributed by atoms with Crippen molar-refractivity contribution in [2.24, 2.45) is 0 Å². The highest BCUT2D eigenvalue weighted by molar-refractivity contribution is 5.85. The summed E-state index contributed by atoms with van der Waals surface area (Å²) in [5.41, 5.74) is 4.16. The molecule has 0 unspecified atom stereocenters. The Morgan fingerprint density at radius 3 is 2.87 bits per heavy atom. The number of rotatable bonds is 5. The van der Waals surface area contributed by atoms with Crippen molar-refractivity contribution in [3.63, 3.8) is 0 Å². The fourth-order valence-electron chi connectivity index (χ4n) is 4.73. The minimum Gasteiger partial charge on any atom is -0.497 e. The van der Waals surface area contributed by atoms with Crippen LogP contribution in [-0.2, 0) is 17.9 Å². The molecular weight excluding hydrogens is 398 g/mol. The zero-order valence-corrected chi connectivity index (χ0v) is 17.4. The van der Waals surface area contributed by atoms with Crippen molar-refractivity contribution in [3.8, 4) is 11.5 Å². The molecule has 0 bridgehead atoms. The van der Waals surface area contributed by atoms with Crippen molar-refractivity contribution in [2.75, 3.05) is 27.0 Å². The van der Waals surface area contributed by atoms with E-state index in [1.807, 2.05) is 6.07 Å². The maximum atomic E-state index is 11.4. The van der Waals surface area contributed by atoms with Gasteiger partial charge in [-0.15, -0.1) is 0 Å². The molecule has 2 aliphatic rings. The number of fused-ring (bicyclic) bond motifs is 2. The number of aromatic amines is 1. The first-order chi connectivity index (χ1) is 15.1. The number of methoxy groups -OCH3 is 1. The number of piperidine rings is 1. The molecule has 1 fully saturated rings. The Morgan fingerprint density at radius 2 is 2.10 bits per heavy atom. The molecule has 0 atom stereocenters. The second-order valence-electron chi connectivity index (χ2n) is 8.17. The van der Waals surface area contributed by atoms with E-state index in [4.69, 9.17) is 14.2 Å². The molecule has 2 aromatic carbocycles. The standard InChI is InChI=1S/C23H25N3O5/c1-29-19-2-3-22-20(10-19)21(11-24-22)15-4-6-25(7-5-15)12-16-8-18(26(27)28)9-17-13-30-14-31-23(16)17/h2-3,8-11,15,24H,4-7,12-14H2,1H3. The lowest BCUT2D eigenvalue weighted by atomic mass is 9.89. The molecule has 0 amide bonds. The summed E-state index contributed by atoms with van der Waals surface area (Å²) in [6.45, 7) is 3.02. The zero-order chi connectivity index (χ0) is 21.4. The smallest absolute Gasteiger partial charge is 0.270 e. The summed E-state index contributed by atoms with van der Waals surface area (Å²) in [5.74, 6) is 2.08. The maximum absolute atomic E-state index is 11.4. The van der Waals surface area contributed by atoms with Gasteiger partial charge in [0.2, 0.25) is 0 Å². The van der Waals surface area contributed by atoms with Crippen LogP contribution in [0.4, 0.5) is 5.69 Å². The Bertz CT molecular complexity index is 1120. The molecule has 162 valence electrons. The first-order valence-electron chi connectivity index (χ1n) is 10.5. The second-order valence-corrected chi connectivity index (χ2v) is 8.17. The van der Waals surface area contributed by atoms with Crippen molar-refractivity contribution in [3.05, 3.63) is 63.3 Å². The van der Waals surface area contributed by atoms with Gasteiger partial charge in [0.25, 0.3) is 5.69 Å². The van der Waals surface area contributed by atoms with Gasteiger partial charge in [0.05, 0.1) is 18.6 Å². The number of hydrogen-bond acceptors (Lipinski definition) is 6. The van der Waals surface area contributed by atoms with Gasteiger partial charge >= 0.3 is 0 Å². The van der Waals surface area contributed by atoms with E-state index in [1.54, 1.807) is 19.2 Å². The van der Waals surface area contributed by atoms with E-state index in [1.165, 1.54) is 10.9 Å². The fourth-order valence-corrected chi connectivity index (χ4v) is 4.73. The number of likely N-dealkylation sites (tertiary alicyclic amines) is 1. The van der Waals surface area contributed by atoms with Gasteiger partial charge in [-0.25, -0.2) is 0 Å². The highest BCUT2D eigenvalue weighted by Gasteiger charge is 2.26. The molecule has 0 aliphatic carbocycles. The Hall–Kier alpha value is -3.10. The van der Waals surface area contributed by atoms with E-state index in [0.29, 0.717) is 19.1 Å². The average molecular weight is 423 g/mol. The molecular formula is C23H25N3O5. The van der Waals surface area contributed by atoms with E-state index < -0.39 is 0 Å². The molecule has 0 radical (unpaired) electrons. The normalized spacial score (nSPS) is 17.3. The molecule has 8 heteroatoms. The molecule has 3 heterocycles. The first-order valence-corrected chi connectivity index (χ1v) is 10.5. The first kappa shape index (κ1) is 19.8. The number of H-pyrrole nitrogens is 1. The Balaban J connectivity index is 1.32. The van der Waals surface area contributed by atoms with Crippen LogP contribution in [-0.4, -0.2) is 41.8 Å². The van der Waals surface area contributed by atoms with E-state index in [-0.39, 0.29) is 17.4 Å². The van der Waals surface area contributed by atoms with Gasteiger partial charge in [-0.3, -0.25) is 15.0 Å². The van der Waals surface area contributed by atoms with Crippen molar-refractivity contribution >= 4 is 16.6 Å². The minimum atomic E-state index is -0.351. The lowest BCUT2D eigenvalue weighted by molar-refractivity contribution is -0.385. The van der Waals surface area contributed by atoms with Gasteiger partial charge in [-0.1, -0.05) is 0 Å². The summed E-state index contributed by atoms with van der Waals surface area (Å²) in [4.78, 5) is 16.7. The number of benzene rings is 2. The van der Waals surface area contributed by atoms with E-state index in [9.17, 15) is 10.1 Å². The predicted octanol–water partition coefficient (Wildman–Crippen LogP) is 4.33. The molecule has 0 spiro atoms. The van der Waals surface area contributed by atoms with Crippen LogP contribution in [0, 0.1) is 10.1 Å². The van der Waals surface area contributed by atoms with Crippen molar-refractivity contribution in [2.45, 2.75) is 31.9 Å². The van der Waals surface area contributed by atoms with E-state index in [2.05, 4.69) is 28.2 Å². The predicted molar refractivity (Wildman–Crippen MR) is 115 cm³/mol. The topological polar surface area (TPSA) is 89.9 Å². The summed E-state index contributed by atoms with van der Waals surface area (Å²) >= 11 is 0. The van der Waals surface area contributed by atoms with E-state index in [0.717, 1.165) is 54.1 Å². The zero-order valence-electron chi connectivity index (χ0n) is 17.4. The summed E-state index contributed by atoms with van der Waals surface area (Å²) < 4.78 is 16.4. The van der Waals surface area contributed by atoms with Gasteiger partial charge in [-0.05, 0) is 55.6 Å². The summed E-state index contributed by atoms with van der Waals surface area (Å²) in [5, 5.41) is 12.6. The summed E-state index contributed by atoms with van der Waals surface area (Å²) in [6.07, 6.45) is 4.19. The number of nitrogens with one attached hydrogen (secondary N) is 1. The van der Waals surface area contributed by atoms with Crippen LogP contribution in [0.15, 0.2) is 36.5 Å². The maximum Gasteiger partial charge on any atom is 0.270 e. The van der Waals surface area contributed by atoms with Crippen LogP contribution >= 0.6 is 0 Å². The Kier molecular flexibility index (Phi) is 5.25. The number of aromatic nitrogens is 1. The largest absolute Gasteiger partial charge is 0.497 e. The van der Waals surface area contributed by atoms with Crippen LogP contribution in [0.2, 0.25) is 0 Å². The number of non-ortho nitro benzene ring substituents is 1. The van der Waals surface area contributed by atoms with Crippen LogP contribution in [0.3, 0.4) is 0 Å². The number of nitro benzene ring substituents is 1. The van der Waals surface area contributed by atoms with Gasteiger partial charge in [0.15, 0.2) is 6.79 Å². The number of hydrogen-bond donors (Lipinski definition) is 1. The molecule has 31 heavy (non-hydrogen) atoms. The second kappa shape index (κ2) is 8.20. The van der Waals surface area contributed by atoms with Gasteiger partial charge in [0.1, 0.15) is 11.5 Å². The molecule has 1 saturated heterocycles. The molecule has 8 nitrogen and oxygen atoms in total. The SMILES string of the molecule is COc1ccc2[nH]cc(C3CCN(Cc4cc([N+](=O)[O-])cc5c4OCOC5)CC3)c2c1. The van der Waals surface area contributed by atoms with Crippen LogP contribution in [0.1, 0.15) is 35.4 Å². The fraction of sp³-hybridized carbons (Fsp3) is 0.391. The van der Waals surface area contributed by atoms with Crippen molar-refractivity contribution in [1.82, 2.24) is 9.88 Å². The molecule has 3 aromatic rings. The van der Waals surface area contributed by atoms with Gasteiger partial charge in [0, 0.05) is 46.9 Å². The minimum absolute atomic E-state index is 0.0884. The monoisotopic (exact) mass is 423 g/mol. The van der Waals surface area contributed by atoms with Gasteiger partial charge < -0.3 is 19.2 Å². The molecule has 0 saturated carbocycles. The van der Waals surface area contributed by atoms with Crippen LogP contribution in [0.5, 0.6) is 11.5 Å². The average Bonchev–Trinajstić information content (AvgIpc) is 3.22. The third-order valence-electron chi connectivity index (χ3n) is 6.32. The quantitative estimate of drug-likeness (QED) is 0.485. The summed E-state index contributed by atoms with van der Waals surface area (Å²) in [7, 11) is 1.69. The van der Waals surface area contributed by atoms with E-state index >= 15 is 0 Å². The third kappa shape index (κ3) is 3.84. The molecule has 1 N–H and O–H groups in total. The lowest BCUT2D eigenvalue weighted by Crippen LogP contribution is -2.32. The third-order valence-corrected chi connectivity index (χ3v) is 6.32. The summed E-state index contributed by atoms with van der Waals surface area (Å²) in [6, 6.07) is 9.32. The number of nitrogens with zero attached hydrogens (tertiary/aromatic N) is 2. The number of nitro groups is 1. The van der Waals surface area contributed by atoms with Crippen LogP contribution < -0.4 is 9.47 Å². The van der Waals surface area contributed by atoms with Crippen molar-refractivity contribution < 1.29 is 19.1 Å². The highest BCUT2D eigenvalue weighted by Crippen LogP contribution is 2.37. The van der Waals surface area contributed by atoms with Crippen LogP contribution in [0.25, 0.3) is 10.9 Å². The Morgan fingerprint density at radius 1 is 1.26 bits per heavy atom. The lowest BCUT2D eigenvalue weighted by Gasteiger charge is -2.32. The highest BCUT2D eigenvalue weighted by atomic mass is 16.7. The number of ether oxygens (including phenoxy) is 3. The molecule has 1 aromatic heterocycles. The van der Waals surface area contributed by atoms with Crippen molar-refractivity contribution in [1.29, 1.82) is 0 Å². The Labute approximate surface area is 179 Å². The molecule has 2 aliphatic heterocycles. The molecule has 5 rings (SSSR count).